The van der Waals surface area contributed by atoms with Crippen LogP contribution in [0, 0.1) is 13.8 Å². The Hall–Kier alpha value is -2.63. The second kappa shape index (κ2) is 7.58. The molecule has 23 heavy (non-hydrogen) atoms. The number of esters is 1. The lowest BCUT2D eigenvalue weighted by atomic mass is 10.1. The van der Waals surface area contributed by atoms with Crippen molar-refractivity contribution in [2.75, 3.05) is 6.54 Å². The molecule has 1 amide bonds. The molecule has 1 atom stereocenters. The number of nitrogens with zero attached hydrogens (tertiary/aromatic N) is 1. The van der Waals surface area contributed by atoms with E-state index in [1.54, 1.807) is 13.8 Å². The van der Waals surface area contributed by atoms with Gasteiger partial charge in [-0.15, -0.1) is 0 Å². The van der Waals surface area contributed by atoms with Crippen LogP contribution in [0.15, 0.2) is 34.9 Å². The Balaban J connectivity index is 1.82. The molecule has 0 radical (unpaired) electrons. The first-order chi connectivity index (χ1) is 11.0. The van der Waals surface area contributed by atoms with Crippen molar-refractivity contribution < 1.29 is 18.8 Å². The van der Waals surface area contributed by atoms with Crippen LogP contribution in [0.3, 0.4) is 0 Å². The predicted molar refractivity (Wildman–Crippen MR) is 84.0 cm³/mol. The van der Waals surface area contributed by atoms with Crippen LogP contribution < -0.4 is 5.32 Å². The van der Waals surface area contributed by atoms with Gasteiger partial charge >= 0.3 is 5.97 Å². The molecular weight excluding hydrogens is 296 g/mol. The number of aromatic nitrogens is 1. The minimum atomic E-state index is -0.882. The van der Waals surface area contributed by atoms with E-state index in [9.17, 15) is 9.59 Å². The number of hydrogen-bond acceptors (Lipinski definition) is 5. The SMILES string of the molecule is Cc1noc(C)c1C(=O)O[C@H](C)C(=O)NCCc1ccccc1. The van der Waals surface area contributed by atoms with Gasteiger partial charge in [0.1, 0.15) is 11.3 Å². The molecule has 1 aromatic carbocycles. The summed E-state index contributed by atoms with van der Waals surface area (Å²) in [5, 5.41) is 6.45. The van der Waals surface area contributed by atoms with Gasteiger partial charge in [0.25, 0.3) is 5.91 Å². The van der Waals surface area contributed by atoms with E-state index in [4.69, 9.17) is 9.26 Å². The lowest BCUT2D eigenvalue weighted by molar-refractivity contribution is -0.129. The lowest BCUT2D eigenvalue weighted by Gasteiger charge is -2.13. The first-order valence-electron chi connectivity index (χ1n) is 7.44. The summed E-state index contributed by atoms with van der Waals surface area (Å²) in [4.78, 5) is 24.0. The average Bonchev–Trinajstić information content (AvgIpc) is 2.87. The van der Waals surface area contributed by atoms with Gasteiger partial charge in [-0.1, -0.05) is 35.5 Å². The molecule has 0 fully saturated rings. The predicted octanol–water partition coefficient (Wildman–Crippen LogP) is 2.20. The highest BCUT2D eigenvalue weighted by atomic mass is 16.5. The summed E-state index contributed by atoms with van der Waals surface area (Å²) in [5.41, 5.74) is 1.85. The highest BCUT2D eigenvalue weighted by molar-refractivity contribution is 5.93. The molecule has 1 heterocycles. The summed E-state index contributed by atoms with van der Waals surface area (Å²) < 4.78 is 10.1. The second-order valence-electron chi connectivity index (χ2n) is 5.27. The maximum Gasteiger partial charge on any atom is 0.344 e. The zero-order valence-corrected chi connectivity index (χ0v) is 13.5. The van der Waals surface area contributed by atoms with Crippen LogP contribution in [0.1, 0.15) is 34.3 Å². The largest absolute Gasteiger partial charge is 0.449 e. The topological polar surface area (TPSA) is 81.4 Å². The smallest absolute Gasteiger partial charge is 0.344 e. The van der Waals surface area contributed by atoms with Crippen molar-refractivity contribution in [2.45, 2.75) is 33.3 Å². The maximum absolute atomic E-state index is 12.1. The van der Waals surface area contributed by atoms with E-state index in [0.29, 0.717) is 18.0 Å². The van der Waals surface area contributed by atoms with Crippen molar-refractivity contribution in [3.8, 4) is 0 Å². The summed E-state index contributed by atoms with van der Waals surface area (Å²) >= 11 is 0. The third kappa shape index (κ3) is 4.42. The van der Waals surface area contributed by atoms with E-state index in [1.807, 2.05) is 30.3 Å². The number of aryl methyl sites for hydroxylation is 2. The molecule has 2 aromatic rings. The van der Waals surface area contributed by atoms with Gasteiger partial charge in [-0.3, -0.25) is 4.79 Å². The summed E-state index contributed by atoms with van der Waals surface area (Å²) in [6.45, 7) is 5.29. The summed E-state index contributed by atoms with van der Waals surface area (Å²) in [7, 11) is 0. The highest BCUT2D eigenvalue weighted by Gasteiger charge is 2.23. The summed E-state index contributed by atoms with van der Waals surface area (Å²) in [5.74, 6) is -0.558. The molecule has 6 heteroatoms. The van der Waals surface area contributed by atoms with Gasteiger partial charge in [-0.05, 0) is 32.8 Å². The Morgan fingerprint density at radius 3 is 2.57 bits per heavy atom. The van der Waals surface area contributed by atoms with Gasteiger partial charge in [0.15, 0.2) is 6.10 Å². The van der Waals surface area contributed by atoms with Crippen molar-refractivity contribution >= 4 is 11.9 Å². The highest BCUT2D eigenvalue weighted by Crippen LogP contribution is 2.14. The van der Waals surface area contributed by atoms with Crippen LogP contribution in [-0.2, 0) is 16.0 Å². The van der Waals surface area contributed by atoms with Crippen molar-refractivity contribution in [1.82, 2.24) is 10.5 Å². The second-order valence-corrected chi connectivity index (χ2v) is 5.27. The summed E-state index contributed by atoms with van der Waals surface area (Å²) in [6.07, 6.45) is -0.163. The van der Waals surface area contributed by atoms with Crippen LogP contribution in [-0.4, -0.2) is 29.7 Å². The first kappa shape index (κ1) is 16.7. The van der Waals surface area contributed by atoms with Crippen LogP contribution in [0.5, 0.6) is 0 Å². The zero-order chi connectivity index (χ0) is 16.8. The van der Waals surface area contributed by atoms with Crippen molar-refractivity contribution in [3.63, 3.8) is 0 Å². The van der Waals surface area contributed by atoms with Crippen molar-refractivity contribution in [3.05, 3.63) is 52.9 Å². The quantitative estimate of drug-likeness (QED) is 0.826. The van der Waals surface area contributed by atoms with Crippen LogP contribution in [0.2, 0.25) is 0 Å². The van der Waals surface area contributed by atoms with E-state index >= 15 is 0 Å². The number of rotatable bonds is 6. The molecule has 1 N–H and O–H groups in total. The Kier molecular flexibility index (Phi) is 5.51. The normalized spacial score (nSPS) is 11.8. The Labute approximate surface area is 134 Å². The number of carbonyl (C=O) groups is 2. The number of hydrogen-bond donors (Lipinski definition) is 1. The molecule has 0 aliphatic carbocycles. The molecule has 0 bridgehead atoms. The van der Waals surface area contributed by atoms with Crippen molar-refractivity contribution in [1.29, 1.82) is 0 Å². The van der Waals surface area contributed by atoms with E-state index in [1.165, 1.54) is 6.92 Å². The van der Waals surface area contributed by atoms with Crippen LogP contribution in [0.25, 0.3) is 0 Å². The third-order valence-electron chi connectivity index (χ3n) is 3.45. The minimum absolute atomic E-state index is 0.272. The molecule has 1 aromatic heterocycles. The number of carbonyl (C=O) groups excluding carboxylic acids is 2. The monoisotopic (exact) mass is 316 g/mol. The molecule has 0 unspecified atom stereocenters. The fourth-order valence-corrected chi connectivity index (χ4v) is 2.17. The molecule has 122 valence electrons. The zero-order valence-electron chi connectivity index (χ0n) is 13.5. The van der Waals surface area contributed by atoms with Crippen molar-refractivity contribution in [2.24, 2.45) is 0 Å². The van der Waals surface area contributed by atoms with E-state index in [2.05, 4.69) is 10.5 Å². The van der Waals surface area contributed by atoms with Gasteiger partial charge in [-0.2, -0.15) is 0 Å². The molecule has 0 aliphatic rings. The lowest BCUT2D eigenvalue weighted by Crippen LogP contribution is -2.37. The third-order valence-corrected chi connectivity index (χ3v) is 3.45. The van der Waals surface area contributed by atoms with Crippen LogP contribution >= 0.6 is 0 Å². The number of nitrogens with one attached hydrogen (secondary N) is 1. The number of amides is 1. The van der Waals surface area contributed by atoms with Gasteiger partial charge in [0.05, 0.1) is 5.69 Å². The molecule has 6 nitrogen and oxygen atoms in total. The van der Waals surface area contributed by atoms with Gasteiger partial charge in [-0.25, -0.2) is 4.79 Å². The van der Waals surface area contributed by atoms with Gasteiger partial charge < -0.3 is 14.6 Å². The fourth-order valence-electron chi connectivity index (χ4n) is 2.17. The number of ether oxygens (including phenoxy) is 1. The van der Waals surface area contributed by atoms with E-state index in [0.717, 1.165) is 12.0 Å². The van der Waals surface area contributed by atoms with E-state index in [-0.39, 0.29) is 11.5 Å². The molecule has 0 saturated heterocycles. The molecular formula is C17H20N2O4. The number of benzene rings is 1. The van der Waals surface area contributed by atoms with Crippen LogP contribution in [0.4, 0.5) is 0 Å². The molecule has 0 aliphatic heterocycles. The summed E-state index contributed by atoms with van der Waals surface area (Å²) in [6, 6.07) is 9.83. The fraction of sp³-hybridized carbons (Fsp3) is 0.353. The Morgan fingerprint density at radius 2 is 1.96 bits per heavy atom. The maximum atomic E-state index is 12.1. The van der Waals surface area contributed by atoms with Gasteiger partial charge in [0.2, 0.25) is 0 Å². The first-order valence-corrected chi connectivity index (χ1v) is 7.44. The Morgan fingerprint density at radius 1 is 1.26 bits per heavy atom. The van der Waals surface area contributed by atoms with E-state index < -0.39 is 12.1 Å². The Bertz CT molecular complexity index is 660. The minimum Gasteiger partial charge on any atom is -0.449 e. The molecule has 0 saturated carbocycles. The standard InChI is InChI=1S/C17H20N2O4/c1-11-15(12(2)23-19-11)17(21)22-13(3)16(20)18-10-9-14-7-5-4-6-8-14/h4-8,13H,9-10H2,1-3H3,(H,18,20)/t13-/m1/s1. The average molecular weight is 316 g/mol. The molecule has 2 rings (SSSR count). The molecule has 0 spiro atoms. The van der Waals surface area contributed by atoms with Gasteiger partial charge in [0, 0.05) is 6.54 Å².